The van der Waals surface area contributed by atoms with Crippen molar-refractivity contribution in [3.05, 3.63) is 65.6 Å². The number of aromatic nitrogens is 2. The quantitative estimate of drug-likeness (QED) is 0.392. The summed E-state index contributed by atoms with van der Waals surface area (Å²) in [6, 6.07) is 14.2. The Hall–Kier alpha value is -3.25. The number of carboxylic acids is 1. The average molecular weight is 502 g/mol. The molecule has 3 aromatic rings. The van der Waals surface area contributed by atoms with Gasteiger partial charge in [-0.1, -0.05) is 44.2 Å². The third kappa shape index (κ3) is 6.02. The first kappa shape index (κ1) is 26.8. The van der Waals surface area contributed by atoms with Crippen molar-refractivity contribution in [3.8, 4) is 22.4 Å². The number of piperidine rings is 1. The summed E-state index contributed by atoms with van der Waals surface area (Å²) in [7, 11) is 0. The number of carbonyl (C=O) groups is 1. The maximum absolute atomic E-state index is 12.6. The van der Waals surface area contributed by atoms with E-state index < -0.39 is 17.7 Å². The summed E-state index contributed by atoms with van der Waals surface area (Å²) < 4.78 is 6.17. The van der Waals surface area contributed by atoms with E-state index in [-0.39, 0.29) is 5.41 Å². The second kappa shape index (κ2) is 10.3. The highest BCUT2D eigenvalue weighted by molar-refractivity contribution is 5.88. The number of anilines is 1. The smallest absolute Gasteiger partial charge is 0.337 e. The van der Waals surface area contributed by atoms with Crippen molar-refractivity contribution in [2.45, 2.75) is 73.0 Å². The van der Waals surface area contributed by atoms with E-state index in [0.717, 1.165) is 59.7 Å². The zero-order chi connectivity index (χ0) is 27.0. The molecule has 1 fully saturated rings. The number of hydrogen-bond acceptors (Lipinski definition) is 5. The van der Waals surface area contributed by atoms with Crippen LogP contribution in [-0.2, 0) is 9.53 Å². The molecule has 6 nitrogen and oxygen atoms in total. The lowest BCUT2D eigenvalue weighted by Gasteiger charge is -2.41. The van der Waals surface area contributed by atoms with Crippen LogP contribution in [0.25, 0.3) is 22.4 Å². The standard InChI is InChI=1S/C31H39N3O3/c1-20-25(23-13-11-22(12-14-23)24-10-8-9-17-32-24)27(34-18-15-31(6,7)16-19-34)26(21(2)33-20)28(29(35)36)37-30(3,4)5/h8-14,17,28H,15-16,18-19H2,1-7H3,(H,35,36)/t28-/m0/s1. The van der Waals surface area contributed by atoms with E-state index in [1.54, 1.807) is 6.20 Å². The Balaban J connectivity index is 1.91. The number of ether oxygens (including phenoxy) is 1. The van der Waals surface area contributed by atoms with Crippen molar-refractivity contribution in [2.24, 2.45) is 5.41 Å². The third-order valence-electron chi connectivity index (χ3n) is 7.10. The van der Waals surface area contributed by atoms with Gasteiger partial charge in [-0.2, -0.15) is 0 Å². The van der Waals surface area contributed by atoms with Gasteiger partial charge in [0.1, 0.15) is 0 Å². The van der Waals surface area contributed by atoms with Crippen molar-refractivity contribution >= 4 is 11.7 Å². The number of aliphatic carboxylic acids is 1. The molecule has 0 aliphatic carbocycles. The summed E-state index contributed by atoms with van der Waals surface area (Å²) in [6.07, 6.45) is 2.73. The molecule has 0 saturated carbocycles. The molecule has 1 atom stereocenters. The maximum Gasteiger partial charge on any atom is 0.337 e. The number of benzene rings is 1. The van der Waals surface area contributed by atoms with Gasteiger partial charge in [0.25, 0.3) is 0 Å². The highest BCUT2D eigenvalue weighted by Gasteiger charge is 2.36. The minimum atomic E-state index is -1.12. The average Bonchev–Trinajstić information content (AvgIpc) is 2.83. The summed E-state index contributed by atoms with van der Waals surface area (Å²) in [6.45, 7) is 15.9. The van der Waals surface area contributed by atoms with Gasteiger partial charge in [-0.15, -0.1) is 0 Å². The van der Waals surface area contributed by atoms with Crippen LogP contribution < -0.4 is 4.90 Å². The molecule has 0 spiro atoms. The first-order chi connectivity index (χ1) is 17.4. The number of nitrogens with zero attached hydrogens (tertiary/aromatic N) is 3. The summed E-state index contributed by atoms with van der Waals surface area (Å²) in [5.41, 5.74) is 6.70. The molecule has 2 aromatic heterocycles. The van der Waals surface area contributed by atoms with E-state index in [2.05, 4.69) is 48.0 Å². The van der Waals surface area contributed by atoms with Gasteiger partial charge in [0.05, 0.1) is 17.0 Å². The van der Waals surface area contributed by atoms with Gasteiger partial charge in [-0.05, 0) is 70.6 Å². The van der Waals surface area contributed by atoms with Gasteiger partial charge >= 0.3 is 5.97 Å². The van der Waals surface area contributed by atoms with Crippen LogP contribution in [0.1, 0.15) is 70.5 Å². The molecule has 4 rings (SSSR count). The molecule has 1 saturated heterocycles. The van der Waals surface area contributed by atoms with Crippen LogP contribution in [0, 0.1) is 19.3 Å². The predicted molar refractivity (Wildman–Crippen MR) is 149 cm³/mol. The summed E-state index contributed by atoms with van der Waals surface area (Å²) in [5, 5.41) is 10.3. The fourth-order valence-electron chi connectivity index (χ4n) is 5.10. The van der Waals surface area contributed by atoms with E-state index in [9.17, 15) is 9.90 Å². The fourth-order valence-corrected chi connectivity index (χ4v) is 5.10. The predicted octanol–water partition coefficient (Wildman–Crippen LogP) is 6.99. The van der Waals surface area contributed by atoms with Gasteiger partial charge in [-0.3, -0.25) is 9.97 Å². The SMILES string of the molecule is Cc1nc(C)c([C@H](OC(C)(C)C)C(=O)O)c(N2CCC(C)(C)CC2)c1-c1ccc(-c2ccccn2)cc1. The molecule has 0 bridgehead atoms. The lowest BCUT2D eigenvalue weighted by molar-refractivity contribution is -0.160. The van der Waals surface area contributed by atoms with E-state index in [4.69, 9.17) is 9.72 Å². The molecule has 1 N–H and O–H groups in total. The Morgan fingerprint density at radius 3 is 2.16 bits per heavy atom. The van der Waals surface area contributed by atoms with Crippen molar-refractivity contribution in [1.29, 1.82) is 0 Å². The van der Waals surface area contributed by atoms with Gasteiger partial charge in [0.2, 0.25) is 0 Å². The lowest BCUT2D eigenvalue weighted by Crippen LogP contribution is -2.39. The second-order valence-electron chi connectivity index (χ2n) is 11.8. The summed E-state index contributed by atoms with van der Waals surface area (Å²) in [4.78, 5) is 24.3. The molecule has 6 heteroatoms. The van der Waals surface area contributed by atoms with Gasteiger partial charge < -0.3 is 14.7 Å². The van der Waals surface area contributed by atoms with E-state index in [0.29, 0.717) is 11.3 Å². The Morgan fingerprint density at radius 1 is 1.00 bits per heavy atom. The third-order valence-corrected chi connectivity index (χ3v) is 7.10. The molecule has 3 heterocycles. The largest absolute Gasteiger partial charge is 0.479 e. The molecule has 0 unspecified atom stereocenters. The van der Waals surface area contributed by atoms with Crippen LogP contribution in [0.3, 0.4) is 0 Å². The van der Waals surface area contributed by atoms with Crippen molar-refractivity contribution < 1.29 is 14.6 Å². The molecule has 0 radical (unpaired) electrons. The highest BCUT2D eigenvalue weighted by Crippen LogP contribution is 2.45. The van der Waals surface area contributed by atoms with Crippen molar-refractivity contribution in [3.63, 3.8) is 0 Å². The normalized spacial score (nSPS) is 16.5. The number of aryl methyl sites for hydroxylation is 2. The lowest BCUT2D eigenvalue weighted by atomic mass is 9.81. The van der Waals surface area contributed by atoms with Crippen molar-refractivity contribution in [1.82, 2.24) is 9.97 Å². The summed E-state index contributed by atoms with van der Waals surface area (Å²) in [5.74, 6) is -1.00. The number of rotatable bonds is 6. The van der Waals surface area contributed by atoms with Gasteiger partial charge in [0, 0.05) is 47.4 Å². The van der Waals surface area contributed by atoms with E-state index >= 15 is 0 Å². The number of pyridine rings is 2. The minimum absolute atomic E-state index is 0.256. The number of carboxylic acid groups (broad SMARTS) is 1. The van der Waals surface area contributed by atoms with Gasteiger partial charge in [0.15, 0.2) is 6.10 Å². The Bertz CT molecular complexity index is 1250. The zero-order valence-corrected chi connectivity index (χ0v) is 23.1. The fraction of sp³-hybridized carbons (Fsp3) is 0.452. The molecule has 1 aromatic carbocycles. The molecule has 1 aliphatic heterocycles. The van der Waals surface area contributed by atoms with Crippen LogP contribution in [0.5, 0.6) is 0 Å². The number of hydrogen-bond donors (Lipinski definition) is 1. The monoisotopic (exact) mass is 501 g/mol. The van der Waals surface area contributed by atoms with E-state index in [1.165, 1.54) is 0 Å². The zero-order valence-electron chi connectivity index (χ0n) is 23.1. The first-order valence-electron chi connectivity index (χ1n) is 13.0. The molecular formula is C31H39N3O3. The molecule has 1 aliphatic rings. The Kier molecular flexibility index (Phi) is 7.43. The van der Waals surface area contributed by atoms with Crippen LogP contribution in [0.4, 0.5) is 5.69 Å². The minimum Gasteiger partial charge on any atom is -0.479 e. The van der Waals surface area contributed by atoms with Crippen LogP contribution in [0.2, 0.25) is 0 Å². The Labute approximate surface area is 220 Å². The maximum atomic E-state index is 12.6. The topological polar surface area (TPSA) is 75.6 Å². The Morgan fingerprint density at radius 2 is 1.62 bits per heavy atom. The molecule has 37 heavy (non-hydrogen) atoms. The molecule has 0 amide bonds. The van der Waals surface area contributed by atoms with Crippen LogP contribution in [0.15, 0.2) is 48.7 Å². The van der Waals surface area contributed by atoms with Crippen LogP contribution >= 0.6 is 0 Å². The molecular weight excluding hydrogens is 462 g/mol. The first-order valence-corrected chi connectivity index (χ1v) is 13.0. The molecule has 196 valence electrons. The van der Waals surface area contributed by atoms with Gasteiger partial charge in [-0.25, -0.2) is 4.79 Å². The second-order valence-corrected chi connectivity index (χ2v) is 11.8. The summed E-state index contributed by atoms with van der Waals surface area (Å²) >= 11 is 0. The van der Waals surface area contributed by atoms with E-state index in [1.807, 2.05) is 52.8 Å². The van der Waals surface area contributed by atoms with Crippen molar-refractivity contribution in [2.75, 3.05) is 18.0 Å². The highest BCUT2D eigenvalue weighted by atomic mass is 16.5. The van der Waals surface area contributed by atoms with Crippen LogP contribution in [-0.4, -0.2) is 39.7 Å².